The zero-order chi connectivity index (χ0) is 16.5. The van der Waals surface area contributed by atoms with Crippen molar-refractivity contribution in [1.29, 1.82) is 0 Å². The summed E-state index contributed by atoms with van der Waals surface area (Å²) < 4.78 is 0. The van der Waals surface area contributed by atoms with Gasteiger partial charge < -0.3 is 15.3 Å². The van der Waals surface area contributed by atoms with Crippen molar-refractivity contribution in [3.63, 3.8) is 0 Å². The van der Waals surface area contributed by atoms with Crippen LogP contribution in [0.25, 0.3) is 0 Å². The molecule has 3 heteroatoms. The number of nitrogens with zero attached hydrogens (tertiary/aromatic N) is 1. The summed E-state index contributed by atoms with van der Waals surface area (Å²) in [5.74, 6) is 0. The highest BCUT2D eigenvalue weighted by atomic mass is 16.3. The predicted octanol–water partition coefficient (Wildman–Crippen LogP) is 3.39. The van der Waals surface area contributed by atoms with Gasteiger partial charge in [-0.05, 0) is 24.2 Å². The Morgan fingerprint density at radius 3 is 1.91 bits per heavy atom. The van der Waals surface area contributed by atoms with Crippen LogP contribution in [0.1, 0.15) is 37.1 Å². The van der Waals surface area contributed by atoms with Crippen molar-refractivity contribution in [3.8, 4) is 0 Å². The minimum absolute atomic E-state index is 0.103. The largest absolute Gasteiger partial charge is 0.386 e. The van der Waals surface area contributed by atoms with Crippen molar-refractivity contribution in [2.45, 2.75) is 26.0 Å². The van der Waals surface area contributed by atoms with E-state index in [9.17, 15) is 5.11 Å². The lowest BCUT2D eigenvalue weighted by Crippen LogP contribution is -2.35. The first-order valence-corrected chi connectivity index (χ1v) is 8.50. The van der Waals surface area contributed by atoms with E-state index in [2.05, 4.69) is 36.2 Å². The van der Waals surface area contributed by atoms with E-state index in [1.54, 1.807) is 0 Å². The smallest absolute Gasteiger partial charge is 0.0984 e. The van der Waals surface area contributed by atoms with E-state index in [-0.39, 0.29) is 6.04 Å². The lowest BCUT2D eigenvalue weighted by molar-refractivity contribution is 0.126. The van der Waals surface area contributed by atoms with Crippen molar-refractivity contribution >= 4 is 0 Å². The summed E-state index contributed by atoms with van der Waals surface area (Å²) in [4.78, 5) is 2.38. The Bertz CT molecular complexity index is 540. The SMILES string of the molecule is CCN(CC)CCN[C@H](c1ccccc1)[C@H](O)c1ccccc1. The van der Waals surface area contributed by atoms with Crippen LogP contribution in [0.3, 0.4) is 0 Å². The maximum absolute atomic E-state index is 10.8. The number of aliphatic hydroxyl groups excluding tert-OH is 1. The van der Waals surface area contributed by atoms with E-state index in [4.69, 9.17) is 0 Å². The number of aliphatic hydroxyl groups is 1. The second-order valence-corrected chi connectivity index (χ2v) is 5.72. The van der Waals surface area contributed by atoms with Gasteiger partial charge >= 0.3 is 0 Å². The van der Waals surface area contributed by atoms with Gasteiger partial charge in [0.2, 0.25) is 0 Å². The van der Waals surface area contributed by atoms with Crippen LogP contribution < -0.4 is 5.32 Å². The summed E-state index contributed by atoms with van der Waals surface area (Å²) in [6.45, 7) is 8.29. The first-order valence-electron chi connectivity index (χ1n) is 8.50. The number of hydrogen-bond acceptors (Lipinski definition) is 3. The monoisotopic (exact) mass is 312 g/mol. The Labute approximate surface area is 140 Å². The Morgan fingerprint density at radius 1 is 0.870 bits per heavy atom. The lowest BCUT2D eigenvalue weighted by Gasteiger charge is -2.27. The van der Waals surface area contributed by atoms with Crippen molar-refractivity contribution in [3.05, 3.63) is 71.8 Å². The average Bonchev–Trinajstić information content (AvgIpc) is 2.63. The molecule has 0 radical (unpaired) electrons. The minimum Gasteiger partial charge on any atom is -0.386 e. The Hall–Kier alpha value is -1.68. The zero-order valence-electron chi connectivity index (χ0n) is 14.2. The molecular weight excluding hydrogens is 284 g/mol. The highest BCUT2D eigenvalue weighted by Gasteiger charge is 2.22. The van der Waals surface area contributed by atoms with Crippen LogP contribution >= 0.6 is 0 Å². The summed E-state index contributed by atoms with van der Waals surface area (Å²) in [5, 5.41) is 14.4. The fourth-order valence-electron chi connectivity index (χ4n) is 2.83. The van der Waals surface area contributed by atoms with Gasteiger partial charge in [0.15, 0.2) is 0 Å². The topological polar surface area (TPSA) is 35.5 Å². The summed E-state index contributed by atoms with van der Waals surface area (Å²) in [7, 11) is 0. The maximum atomic E-state index is 10.8. The van der Waals surface area contributed by atoms with Gasteiger partial charge in [0.1, 0.15) is 0 Å². The molecule has 0 spiro atoms. The normalized spacial score (nSPS) is 13.9. The highest BCUT2D eigenvalue weighted by molar-refractivity contribution is 5.26. The van der Waals surface area contributed by atoms with Crippen LogP contribution in [0.2, 0.25) is 0 Å². The molecule has 2 atom stereocenters. The molecule has 0 heterocycles. The van der Waals surface area contributed by atoms with E-state index in [1.165, 1.54) is 0 Å². The highest BCUT2D eigenvalue weighted by Crippen LogP contribution is 2.28. The van der Waals surface area contributed by atoms with Gasteiger partial charge in [0, 0.05) is 13.1 Å². The van der Waals surface area contributed by atoms with Crippen LogP contribution in [0.4, 0.5) is 0 Å². The van der Waals surface area contributed by atoms with Gasteiger partial charge in [-0.2, -0.15) is 0 Å². The van der Waals surface area contributed by atoms with Crippen LogP contribution in [-0.4, -0.2) is 36.2 Å². The Morgan fingerprint density at radius 2 is 1.39 bits per heavy atom. The van der Waals surface area contributed by atoms with Crippen molar-refractivity contribution in [1.82, 2.24) is 10.2 Å². The molecular formula is C20H28N2O. The third-order valence-electron chi connectivity index (χ3n) is 4.30. The molecule has 0 saturated carbocycles. The summed E-state index contributed by atoms with van der Waals surface area (Å²) in [5.41, 5.74) is 2.06. The predicted molar refractivity (Wildman–Crippen MR) is 96.4 cm³/mol. The molecule has 0 unspecified atom stereocenters. The molecule has 2 aromatic carbocycles. The molecule has 0 aliphatic carbocycles. The van der Waals surface area contributed by atoms with Crippen molar-refractivity contribution in [2.75, 3.05) is 26.2 Å². The molecule has 0 aliphatic heterocycles. The molecule has 0 saturated heterocycles. The number of rotatable bonds is 9. The molecule has 0 aliphatic rings. The number of benzene rings is 2. The summed E-state index contributed by atoms with van der Waals surface area (Å²) in [6.07, 6.45) is -0.560. The maximum Gasteiger partial charge on any atom is 0.0984 e. The molecule has 23 heavy (non-hydrogen) atoms. The summed E-state index contributed by atoms with van der Waals surface area (Å²) in [6, 6.07) is 20.0. The fraction of sp³-hybridized carbons (Fsp3) is 0.400. The van der Waals surface area contributed by atoms with E-state index >= 15 is 0 Å². The number of hydrogen-bond donors (Lipinski definition) is 2. The third-order valence-corrected chi connectivity index (χ3v) is 4.30. The molecule has 0 bridgehead atoms. The first kappa shape index (κ1) is 17.7. The summed E-state index contributed by atoms with van der Waals surface area (Å²) >= 11 is 0. The lowest BCUT2D eigenvalue weighted by atomic mass is 9.96. The molecule has 0 fully saturated rings. The number of nitrogens with one attached hydrogen (secondary N) is 1. The zero-order valence-corrected chi connectivity index (χ0v) is 14.2. The molecule has 0 aromatic heterocycles. The van der Waals surface area contributed by atoms with Crippen LogP contribution in [-0.2, 0) is 0 Å². The fourth-order valence-corrected chi connectivity index (χ4v) is 2.83. The second kappa shape index (κ2) is 9.46. The van der Waals surface area contributed by atoms with E-state index < -0.39 is 6.10 Å². The van der Waals surface area contributed by atoms with Gasteiger partial charge in [0.25, 0.3) is 0 Å². The Balaban J connectivity index is 2.09. The molecule has 124 valence electrons. The van der Waals surface area contributed by atoms with Gasteiger partial charge in [-0.3, -0.25) is 0 Å². The van der Waals surface area contributed by atoms with E-state index in [0.29, 0.717) is 0 Å². The van der Waals surface area contributed by atoms with Gasteiger partial charge in [-0.1, -0.05) is 74.5 Å². The molecule has 2 aromatic rings. The average molecular weight is 312 g/mol. The quantitative estimate of drug-likeness (QED) is 0.745. The Kier molecular flexibility index (Phi) is 7.27. The van der Waals surface area contributed by atoms with Crippen LogP contribution in [0.15, 0.2) is 60.7 Å². The molecule has 3 nitrogen and oxygen atoms in total. The van der Waals surface area contributed by atoms with Crippen LogP contribution in [0.5, 0.6) is 0 Å². The van der Waals surface area contributed by atoms with Crippen molar-refractivity contribution in [2.24, 2.45) is 0 Å². The van der Waals surface area contributed by atoms with Crippen LogP contribution in [0, 0.1) is 0 Å². The van der Waals surface area contributed by atoms with Gasteiger partial charge in [-0.25, -0.2) is 0 Å². The van der Waals surface area contributed by atoms with E-state index in [1.807, 2.05) is 48.5 Å². The first-order chi connectivity index (χ1) is 11.3. The minimum atomic E-state index is -0.560. The van der Waals surface area contributed by atoms with Gasteiger partial charge in [0.05, 0.1) is 12.1 Å². The second-order valence-electron chi connectivity index (χ2n) is 5.72. The molecule has 2 N–H and O–H groups in total. The van der Waals surface area contributed by atoms with E-state index in [0.717, 1.165) is 37.3 Å². The van der Waals surface area contributed by atoms with Gasteiger partial charge in [-0.15, -0.1) is 0 Å². The molecule has 0 amide bonds. The third kappa shape index (κ3) is 5.17. The standard InChI is InChI=1S/C20H28N2O/c1-3-22(4-2)16-15-21-19(17-11-7-5-8-12-17)20(23)18-13-9-6-10-14-18/h5-14,19-21,23H,3-4,15-16H2,1-2H3/t19-,20-/m1/s1. The molecule has 2 rings (SSSR count). The number of likely N-dealkylation sites (N-methyl/N-ethyl adjacent to an activating group) is 1. The van der Waals surface area contributed by atoms with Crippen molar-refractivity contribution < 1.29 is 5.11 Å².